The van der Waals surface area contributed by atoms with Crippen LogP contribution >= 0.6 is 0 Å². The first kappa shape index (κ1) is 17.3. The van der Waals surface area contributed by atoms with Gasteiger partial charge in [0.2, 0.25) is 0 Å². The predicted octanol–water partition coefficient (Wildman–Crippen LogP) is 6.66. The second-order valence-electron chi connectivity index (χ2n) is 7.03. The van der Waals surface area contributed by atoms with Gasteiger partial charge in [-0.15, -0.1) is 0 Å². The molecule has 0 N–H and O–H groups in total. The van der Waals surface area contributed by atoms with Crippen molar-refractivity contribution in [1.82, 2.24) is 4.98 Å². The molecule has 4 rings (SSSR count). The van der Waals surface area contributed by atoms with Crippen LogP contribution in [0.1, 0.15) is 29.9 Å². The highest BCUT2D eigenvalue weighted by molar-refractivity contribution is 5.76. The molecule has 3 aromatic carbocycles. The van der Waals surface area contributed by atoms with Gasteiger partial charge in [0.05, 0.1) is 0 Å². The van der Waals surface area contributed by atoms with Crippen molar-refractivity contribution < 1.29 is 4.42 Å². The van der Waals surface area contributed by atoms with Crippen molar-refractivity contribution in [3.8, 4) is 22.6 Å². The third-order valence-corrected chi connectivity index (χ3v) is 4.88. The molecule has 2 nitrogen and oxygen atoms in total. The van der Waals surface area contributed by atoms with Crippen LogP contribution in [0.25, 0.3) is 22.6 Å². The van der Waals surface area contributed by atoms with E-state index >= 15 is 0 Å². The van der Waals surface area contributed by atoms with E-state index in [2.05, 4.69) is 62.4 Å². The number of hydrogen-bond donors (Lipinski definition) is 0. The summed E-state index contributed by atoms with van der Waals surface area (Å²) in [5.41, 5.74) is 5.63. The summed E-state index contributed by atoms with van der Waals surface area (Å²) in [6.45, 7) is 4.33. The van der Waals surface area contributed by atoms with E-state index in [0.717, 1.165) is 34.9 Å². The Bertz CT molecular complexity index is 944. The Morgan fingerprint density at radius 1 is 0.778 bits per heavy atom. The third kappa shape index (κ3) is 3.85. The van der Waals surface area contributed by atoms with Crippen molar-refractivity contribution in [1.29, 1.82) is 0 Å². The van der Waals surface area contributed by atoms with Crippen LogP contribution in [0.5, 0.6) is 0 Å². The molecule has 2 heteroatoms. The van der Waals surface area contributed by atoms with E-state index in [4.69, 9.17) is 9.40 Å². The molecule has 0 saturated carbocycles. The van der Waals surface area contributed by atoms with Gasteiger partial charge in [-0.2, -0.15) is 0 Å². The zero-order chi connectivity index (χ0) is 18.6. The van der Waals surface area contributed by atoms with Crippen LogP contribution < -0.4 is 0 Å². The van der Waals surface area contributed by atoms with Crippen molar-refractivity contribution in [3.63, 3.8) is 0 Å². The van der Waals surface area contributed by atoms with Gasteiger partial charge in [-0.05, 0) is 18.4 Å². The van der Waals surface area contributed by atoms with E-state index in [1.54, 1.807) is 0 Å². The molecule has 4 aromatic rings. The second kappa shape index (κ2) is 7.63. The Morgan fingerprint density at radius 3 is 2.00 bits per heavy atom. The maximum atomic E-state index is 6.26. The molecule has 0 fully saturated rings. The second-order valence-corrected chi connectivity index (χ2v) is 7.03. The number of nitrogens with zero attached hydrogens (tertiary/aromatic N) is 1. The fourth-order valence-corrected chi connectivity index (χ4v) is 3.30. The van der Waals surface area contributed by atoms with Crippen LogP contribution in [-0.4, -0.2) is 4.98 Å². The molecule has 0 bridgehead atoms. The van der Waals surface area contributed by atoms with E-state index in [-0.39, 0.29) is 0 Å². The number of hydrogen-bond acceptors (Lipinski definition) is 2. The minimum Gasteiger partial charge on any atom is -0.440 e. The largest absolute Gasteiger partial charge is 0.440 e. The van der Waals surface area contributed by atoms with Crippen LogP contribution in [0.3, 0.4) is 0 Å². The molecule has 0 saturated heterocycles. The van der Waals surface area contributed by atoms with Gasteiger partial charge in [-0.25, -0.2) is 4.98 Å². The van der Waals surface area contributed by atoms with Crippen LogP contribution in [0.15, 0.2) is 89.3 Å². The van der Waals surface area contributed by atoms with Gasteiger partial charge in [0.1, 0.15) is 5.69 Å². The zero-order valence-electron chi connectivity index (χ0n) is 15.7. The lowest BCUT2D eigenvalue weighted by molar-refractivity contribution is 0.488. The molecule has 0 aliphatic heterocycles. The fraction of sp³-hybridized carbons (Fsp3) is 0.160. The smallest absolute Gasteiger partial charge is 0.196 e. The fourth-order valence-electron chi connectivity index (χ4n) is 3.30. The average molecular weight is 353 g/mol. The third-order valence-electron chi connectivity index (χ3n) is 4.88. The monoisotopic (exact) mass is 353 g/mol. The number of benzene rings is 3. The van der Waals surface area contributed by atoms with Crippen LogP contribution in [0.2, 0.25) is 0 Å². The van der Waals surface area contributed by atoms with E-state index in [1.807, 2.05) is 36.4 Å². The summed E-state index contributed by atoms with van der Waals surface area (Å²) in [5.74, 6) is 1.96. The number of aryl methyl sites for hydroxylation is 1. The van der Waals surface area contributed by atoms with Crippen molar-refractivity contribution in [2.24, 2.45) is 0 Å². The molecule has 1 heterocycles. The Labute approximate surface area is 160 Å². The molecule has 134 valence electrons. The number of rotatable bonds is 5. The molecule has 0 aliphatic carbocycles. The summed E-state index contributed by atoms with van der Waals surface area (Å²) in [4.78, 5) is 4.87. The quantitative estimate of drug-likeness (QED) is 0.401. The first-order valence-electron chi connectivity index (χ1n) is 9.38. The van der Waals surface area contributed by atoms with E-state index < -0.39 is 0 Å². The highest BCUT2D eigenvalue weighted by Gasteiger charge is 2.18. The summed E-state index contributed by atoms with van der Waals surface area (Å²) in [6.07, 6.45) is 0.774. The molecule has 0 unspecified atom stereocenters. The molecule has 0 spiro atoms. The lowest BCUT2D eigenvalue weighted by Crippen LogP contribution is -1.98. The molecule has 27 heavy (non-hydrogen) atoms. The minimum atomic E-state index is 0.344. The van der Waals surface area contributed by atoms with Gasteiger partial charge in [-0.3, -0.25) is 0 Å². The van der Waals surface area contributed by atoms with E-state index in [0.29, 0.717) is 5.92 Å². The van der Waals surface area contributed by atoms with E-state index in [1.165, 1.54) is 11.1 Å². The topological polar surface area (TPSA) is 26.0 Å². The van der Waals surface area contributed by atoms with Gasteiger partial charge in [0.15, 0.2) is 11.7 Å². The van der Waals surface area contributed by atoms with Crippen LogP contribution in [0, 0.1) is 6.92 Å². The minimum absolute atomic E-state index is 0.344. The zero-order valence-corrected chi connectivity index (χ0v) is 15.7. The van der Waals surface area contributed by atoms with Crippen molar-refractivity contribution in [2.75, 3.05) is 0 Å². The molecule has 0 aliphatic rings. The molecule has 0 radical (unpaired) electrons. The lowest BCUT2D eigenvalue weighted by Gasteiger charge is -2.09. The van der Waals surface area contributed by atoms with Crippen molar-refractivity contribution in [3.05, 3.63) is 102 Å². The molecular weight excluding hydrogens is 330 g/mol. The normalized spacial score (nSPS) is 12.1. The lowest BCUT2D eigenvalue weighted by atomic mass is 9.97. The summed E-state index contributed by atoms with van der Waals surface area (Å²) in [7, 11) is 0. The number of aromatic nitrogens is 1. The van der Waals surface area contributed by atoms with Crippen molar-refractivity contribution in [2.45, 2.75) is 26.2 Å². The first-order valence-corrected chi connectivity index (χ1v) is 9.38. The molecular formula is C25H23NO. The Morgan fingerprint density at radius 2 is 1.37 bits per heavy atom. The van der Waals surface area contributed by atoms with Gasteiger partial charge >= 0.3 is 0 Å². The summed E-state index contributed by atoms with van der Waals surface area (Å²) in [6, 6.07) is 29.2. The summed E-state index contributed by atoms with van der Waals surface area (Å²) < 4.78 is 6.26. The van der Waals surface area contributed by atoms with Crippen LogP contribution in [0.4, 0.5) is 0 Å². The molecule has 1 atom stereocenters. The maximum Gasteiger partial charge on any atom is 0.196 e. The first-order chi connectivity index (χ1) is 13.2. The summed E-state index contributed by atoms with van der Waals surface area (Å²) >= 11 is 0. The van der Waals surface area contributed by atoms with Gasteiger partial charge in [0.25, 0.3) is 0 Å². The maximum absolute atomic E-state index is 6.26. The number of oxazole rings is 1. The Hall–Kier alpha value is -3.13. The highest BCUT2D eigenvalue weighted by Crippen LogP contribution is 2.34. The molecule has 1 aromatic heterocycles. The van der Waals surface area contributed by atoms with Gasteiger partial charge in [0, 0.05) is 17.5 Å². The van der Waals surface area contributed by atoms with Gasteiger partial charge in [-0.1, -0.05) is 97.4 Å². The van der Waals surface area contributed by atoms with Crippen LogP contribution in [-0.2, 0) is 6.42 Å². The Balaban J connectivity index is 1.70. The Kier molecular flexibility index (Phi) is 4.88. The molecule has 0 amide bonds. The van der Waals surface area contributed by atoms with Gasteiger partial charge < -0.3 is 4.42 Å². The predicted molar refractivity (Wildman–Crippen MR) is 111 cm³/mol. The summed E-state index contributed by atoms with van der Waals surface area (Å²) in [5, 5.41) is 0. The van der Waals surface area contributed by atoms with E-state index in [9.17, 15) is 0 Å². The highest BCUT2D eigenvalue weighted by atomic mass is 16.4. The van der Waals surface area contributed by atoms with Crippen molar-refractivity contribution >= 4 is 0 Å². The SMILES string of the molecule is Cc1ccc([C@@H](C)Cc2nc(-c3ccccc3)c(-c3ccccc3)o2)cc1. The standard InChI is InChI=1S/C25H23NO/c1-18-13-15-20(16-14-18)19(2)17-23-26-24(21-9-5-3-6-10-21)25(27-23)22-11-7-4-8-12-22/h3-16,19H,17H2,1-2H3/t19-/m0/s1. The average Bonchev–Trinajstić information content (AvgIpc) is 3.13.